The first-order chi connectivity index (χ1) is 16.2. The van der Waals surface area contributed by atoms with E-state index in [2.05, 4.69) is 63.2 Å². The predicted molar refractivity (Wildman–Crippen MR) is 134 cm³/mol. The number of hydrogen-bond donors (Lipinski definition) is 1. The SMILES string of the molecule is Cc1ccc(C2=CCC(C)(C)c3ccc(C(=O)N4CCc5cc(C(=O)O)ccc5C4)cc32)cc1. The molecule has 0 saturated carbocycles. The highest BCUT2D eigenvalue weighted by Gasteiger charge is 2.30. The smallest absolute Gasteiger partial charge is 0.335 e. The minimum absolute atomic E-state index is 0.0109. The van der Waals surface area contributed by atoms with Gasteiger partial charge in [0.25, 0.3) is 5.91 Å². The van der Waals surface area contributed by atoms with E-state index in [1.54, 1.807) is 12.1 Å². The van der Waals surface area contributed by atoms with Crippen molar-refractivity contribution in [2.24, 2.45) is 0 Å². The molecule has 1 N–H and O–H groups in total. The second-order valence-electron chi connectivity index (χ2n) is 10.1. The van der Waals surface area contributed by atoms with E-state index in [1.165, 1.54) is 22.3 Å². The molecule has 1 aliphatic carbocycles. The van der Waals surface area contributed by atoms with Gasteiger partial charge in [-0.1, -0.05) is 61.9 Å². The molecule has 1 amide bonds. The number of carbonyl (C=O) groups excluding carboxylic acids is 1. The molecular formula is C30H29NO3. The van der Waals surface area contributed by atoms with Crippen LogP contribution in [-0.4, -0.2) is 28.4 Å². The maximum Gasteiger partial charge on any atom is 0.335 e. The van der Waals surface area contributed by atoms with Crippen LogP contribution < -0.4 is 0 Å². The minimum atomic E-state index is -0.921. The lowest BCUT2D eigenvalue weighted by molar-refractivity contribution is 0.0692. The van der Waals surface area contributed by atoms with Crippen LogP contribution in [0.3, 0.4) is 0 Å². The molecule has 2 aliphatic rings. The molecule has 34 heavy (non-hydrogen) atoms. The average Bonchev–Trinajstić information content (AvgIpc) is 2.83. The molecule has 3 aromatic carbocycles. The maximum atomic E-state index is 13.5. The van der Waals surface area contributed by atoms with Gasteiger partial charge in [0, 0.05) is 18.7 Å². The van der Waals surface area contributed by atoms with Crippen molar-refractivity contribution < 1.29 is 14.7 Å². The number of rotatable bonds is 3. The Morgan fingerprint density at radius 1 is 0.912 bits per heavy atom. The first-order valence-electron chi connectivity index (χ1n) is 11.8. The zero-order valence-electron chi connectivity index (χ0n) is 19.9. The second kappa shape index (κ2) is 8.28. The largest absolute Gasteiger partial charge is 0.478 e. The molecule has 0 aromatic heterocycles. The van der Waals surface area contributed by atoms with Crippen molar-refractivity contribution in [3.63, 3.8) is 0 Å². The number of carboxylic acid groups (broad SMARTS) is 1. The summed E-state index contributed by atoms with van der Waals surface area (Å²) < 4.78 is 0. The monoisotopic (exact) mass is 451 g/mol. The Hall–Kier alpha value is -3.66. The van der Waals surface area contributed by atoms with Gasteiger partial charge in [0.1, 0.15) is 0 Å². The highest BCUT2D eigenvalue weighted by atomic mass is 16.4. The number of fused-ring (bicyclic) bond motifs is 2. The summed E-state index contributed by atoms with van der Waals surface area (Å²) in [5.41, 5.74) is 9.03. The summed E-state index contributed by atoms with van der Waals surface area (Å²) in [6.45, 7) is 7.67. The molecule has 5 rings (SSSR count). The Balaban J connectivity index is 1.47. The molecule has 0 radical (unpaired) electrons. The molecule has 0 bridgehead atoms. The Kier molecular flexibility index (Phi) is 5.40. The van der Waals surface area contributed by atoms with Crippen molar-refractivity contribution in [1.82, 2.24) is 4.90 Å². The predicted octanol–water partition coefficient (Wildman–Crippen LogP) is 6.00. The van der Waals surface area contributed by atoms with E-state index in [4.69, 9.17) is 0 Å². The van der Waals surface area contributed by atoms with E-state index < -0.39 is 5.97 Å². The Morgan fingerprint density at radius 2 is 1.65 bits per heavy atom. The molecule has 1 aliphatic heterocycles. The Bertz CT molecular complexity index is 1330. The molecule has 4 heteroatoms. The molecule has 172 valence electrons. The number of aromatic carboxylic acids is 1. The molecule has 4 nitrogen and oxygen atoms in total. The van der Waals surface area contributed by atoms with Crippen LogP contribution in [0.15, 0.2) is 66.7 Å². The van der Waals surface area contributed by atoms with Crippen LogP contribution in [-0.2, 0) is 18.4 Å². The molecule has 1 heterocycles. The zero-order chi connectivity index (χ0) is 24.0. The summed E-state index contributed by atoms with van der Waals surface area (Å²) in [6, 6.07) is 19.9. The van der Waals surface area contributed by atoms with Crippen LogP contribution in [0.1, 0.15) is 74.4 Å². The third-order valence-electron chi connectivity index (χ3n) is 7.22. The normalized spacial score (nSPS) is 16.3. The summed E-state index contributed by atoms with van der Waals surface area (Å²) >= 11 is 0. The van der Waals surface area contributed by atoms with Crippen molar-refractivity contribution in [3.05, 3.63) is 111 Å². The average molecular weight is 452 g/mol. The maximum absolute atomic E-state index is 13.5. The first-order valence-corrected chi connectivity index (χ1v) is 11.8. The Morgan fingerprint density at radius 3 is 2.38 bits per heavy atom. The second-order valence-corrected chi connectivity index (χ2v) is 10.1. The lowest BCUT2D eigenvalue weighted by Crippen LogP contribution is -2.36. The van der Waals surface area contributed by atoms with Crippen molar-refractivity contribution >= 4 is 17.4 Å². The minimum Gasteiger partial charge on any atom is -0.478 e. The van der Waals surface area contributed by atoms with Gasteiger partial charge in [0.15, 0.2) is 0 Å². The number of aryl methyl sites for hydroxylation is 1. The van der Waals surface area contributed by atoms with Gasteiger partial charge < -0.3 is 10.0 Å². The molecule has 0 fully saturated rings. The molecule has 0 unspecified atom stereocenters. The number of nitrogens with zero attached hydrogens (tertiary/aromatic N) is 1. The lowest BCUT2D eigenvalue weighted by Gasteiger charge is -2.33. The van der Waals surface area contributed by atoms with Gasteiger partial charge in [0.05, 0.1) is 5.56 Å². The first kappa shape index (κ1) is 22.1. The van der Waals surface area contributed by atoms with Gasteiger partial charge >= 0.3 is 5.97 Å². The van der Waals surface area contributed by atoms with Gasteiger partial charge in [-0.3, -0.25) is 4.79 Å². The van der Waals surface area contributed by atoms with Crippen LogP contribution in [0.2, 0.25) is 0 Å². The van der Waals surface area contributed by atoms with E-state index in [-0.39, 0.29) is 11.3 Å². The number of carboxylic acids is 1. The van der Waals surface area contributed by atoms with Gasteiger partial charge in [-0.2, -0.15) is 0 Å². The number of amides is 1. The van der Waals surface area contributed by atoms with E-state index in [0.29, 0.717) is 30.6 Å². The molecule has 3 aromatic rings. The van der Waals surface area contributed by atoms with Gasteiger partial charge in [-0.25, -0.2) is 4.79 Å². The third-order valence-corrected chi connectivity index (χ3v) is 7.22. The standard InChI is InChI=1S/C30H29NO3/c1-19-4-6-20(7-5-19)25-12-14-30(2,3)27-11-10-22(17-26(25)27)28(32)31-15-13-21-16-23(29(33)34)8-9-24(21)18-31/h4-12,16-17H,13-15,18H2,1-3H3,(H,33,34). The van der Waals surface area contributed by atoms with Gasteiger partial charge in [-0.15, -0.1) is 0 Å². The number of allylic oxidation sites excluding steroid dienone is 1. The number of hydrogen-bond acceptors (Lipinski definition) is 2. The Labute approximate surface area is 200 Å². The van der Waals surface area contributed by atoms with Crippen LogP contribution in [0.5, 0.6) is 0 Å². The van der Waals surface area contributed by atoms with Gasteiger partial charge in [0.2, 0.25) is 0 Å². The summed E-state index contributed by atoms with van der Waals surface area (Å²) in [5, 5.41) is 9.26. The summed E-state index contributed by atoms with van der Waals surface area (Å²) in [6.07, 6.45) is 3.92. The quantitative estimate of drug-likeness (QED) is 0.531. The van der Waals surface area contributed by atoms with Crippen LogP contribution in [0.4, 0.5) is 0 Å². The van der Waals surface area contributed by atoms with Gasteiger partial charge in [-0.05, 0) is 82.8 Å². The summed E-state index contributed by atoms with van der Waals surface area (Å²) in [5.74, 6) is -0.905. The molecular weight excluding hydrogens is 422 g/mol. The van der Waals surface area contributed by atoms with E-state index in [1.807, 2.05) is 17.0 Å². The van der Waals surface area contributed by atoms with Crippen molar-refractivity contribution in [3.8, 4) is 0 Å². The highest BCUT2D eigenvalue weighted by Crippen LogP contribution is 2.42. The number of carbonyl (C=O) groups is 2. The lowest BCUT2D eigenvalue weighted by atomic mass is 9.72. The fraction of sp³-hybridized carbons (Fsp3) is 0.267. The fourth-order valence-electron chi connectivity index (χ4n) is 5.12. The fourth-order valence-corrected chi connectivity index (χ4v) is 5.12. The highest BCUT2D eigenvalue weighted by molar-refractivity contribution is 5.97. The number of benzene rings is 3. The molecule has 0 atom stereocenters. The molecule has 0 saturated heterocycles. The summed E-state index contributed by atoms with van der Waals surface area (Å²) in [7, 11) is 0. The molecule has 0 spiro atoms. The van der Waals surface area contributed by atoms with E-state index in [9.17, 15) is 14.7 Å². The van der Waals surface area contributed by atoms with Crippen LogP contribution >= 0.6 is 0 Å². The van der Waals surface area contributed by atoms with E-state index >= 15 is 0 Å². The van der Waals surface area contributed by atoms with Crippen LogP contribution in [0.25, 0.3) is 5.57 Å². The van der Waals surface area contributed by atoms with Crippen molar-refractivity contribution in [2.75, 3.05) is 6.54 Å². The van der Waals surface area contributed by atoms with Crippen LogP contribution in [0, 0.1) is 6.92 Å². The van der Waals surface area contributed by atoms with Crippen molar-refractivity contribution in [2.45, 2.75) is 45.6 Å². The third kappa shape index (κ3) is 3.94. The zero-order valence-corrected chi connectivity index (χ0v) is 19.9. The van der Waals surface area contributed by atoms with Crippen molar-refractivity contribution in [1.29, 1.82) is 0 Å². The van der Waals surface area contributed by atoms with E-state index in [0.717, 1.165) is 23.1 Å². The summed E-state index contributed by atoms with van der Waals surface area (Å²) in [4.78, 5) is 26.7. The topological polar surface area (TPSA) is 57.6 Å².